The minimum Gasteiger partial charge on any atom is -0.469 e. The third kappa shape index (κ3) is 15.1. The molecule has 27 heavy (non-hydrogen) atoms. The fraction of sp³-hybridized carbons (Fsp3) is 0.842. The molecule has 2 amide bonds. The molecule has 0 radical (unpaired) electrons. The molecule has 1 saturated heterocycles. The number of esters is 1. The molecule has 1 heterocycles. The first-order chi connectivity index (χ1) is 12.4. The standard InChI is InChI=1S/C9H18N2O2.2C5H10O2/c1-4-9(2,3)8(13)11-6-5-10-7-12;1-5(2)6-3-4-7-5;1-4(2)5(6)7-3/h7H,4-6H2,1-3H3,(H,10,12)(H,11,13);3-4H2,1-2H3;4H,1-3H3. The Labute approximate surface area is 163 Å². The van der Waals surface area contributed by atoms with Crippen molar-refractivity contribution >= 4 is 18.3 Å². The lowest BCUT2D eigenvalue weighted by molar-refractivity contribution is -0.144. The molecule has 0 atom stereocenters. The van der Waals surface area contributed by atoms with Crippen molar-refractivity contribution in [1.82, 2.24) is 10.6 Å². The number of carbonyl (C=O) groups excluding carboxylic acids is 3. The molecular formula is C19H38N2O6. The minimum absolute atomic E-state index is 0.00463. The van der Waals surface area contributed by atoms with Crippen molar-refractivity contribution in [3.05, 3.63) is 0 Å². The van der Waals surface area contributed by atoms with Crippen molar-refractivity contribution in [2.45, 2.75) is 60.7 Å². The third-order valence-corrected chi connectivity index (χ3v) is 3.79. The number of ether oxygens (including phenoxy) is 3. The predicted molar refractivity (Wildman–Crippen MR) is 104 cm³/mol. The van der Waals surface area contributed by atoms with Crippen molar-refractivity contribution in [3.8, 4) is 0 Å². The van der Waals surface area contributed by atoms with Crippen LogP contribution in [0.25, 0.3) is 0 Å². The monoisotopic (exact) mass is 390 g/mol. The lowest BCUT2D eigenvalue weighted by atomic mass is 9.89. The Morgan fingerprint density at radius 1 is 1.19 bits per heavy atom. The van der Waals surface area contributed by atoms with Gasteiger partial charge in [0.2, 0.25) is 12.3 Å². The molecule has 8 heteroatoms. The van der Waals surface area contributed by atoms with Gasteiger partial charge in [0.1, 0.15) is 0 Å². The van der Waals surface area contributed by atoms with E-state index < -0.39 is 0 Å². The molecule has 0 aromatic rings. The molecule has 1 fully saturated rings. The second-order valence-electron chi connectivity index (χ2n) is 7.34. The summed E-state index contributed by atoms with van der Waals surface area (Å²) < 4.78 is 14.6. The fourth-order valence-corrected chi connectivity index (χ4v) is 1.56. The van der Waals surface area contributed by atoms with Crippen LogP contribution in [0.15, 0.2) is 0 Å². The maximum Gasteiger partial charge on any atom is 0.308 e. The highest BCUT2D eigenvalue weighted by atomic mass is 16.7. The quantitative estimate of drug-likeness (QED) is 0.391. The summed E-state index contributed by atoms with van der Waals surface area (Å²) in [5, 5.41) is 5.23. The van der Waals surface area contributed by atoms with Crippen LogP contribution in [0.4, 0.5) is 0 Å². The zero-order valence-corrected chi connectivity index (χ0v) is 18.1. The van der Waals surface area contributed by atoms with Crippen LogP contribution in [0.3, 0.4) is 0 Å². The number of hydrogen-bond acceptors (Lipinski definition) is 6. The molecule has 0 spiro atoms. The lowest BCUT2D eigenvalue weighted by Crippen LogP contribution is -2.39. The van der Waals surface area contributed by atoms with Gasteiger partial charge in [-0.05, 0) is 20.3 Å². The van der Waals surface area contributed by atoms with Crippen molar-refractivity contribution < 1.29 is 28.6 Å². The van der Waals surface area contributed by atoms with E-state index in [1.165, 1.54) is 7.11 Å². The van der Waals surface area contributed by atoms with E-state index in [-0.39, 0.29) is 29.0 Å². The molecular weight excluding hydrogens is 352 g/mol. The van der Waals surface area contributed by atoms with E-state index in [0.29, 0.717) is 19.5 Å². The van der Waals surface area contributed by atoms with Gasteiger partial charge in [0.25, 0.3) is 0 Å². The van der Waals surface area contributed by atoms with Gasteiger partial charge in [-0.2, -0.15) is 0 Å². The molecule has 2 N–H and O–H groups in total. The summed E-state index contributed by atoms with van der Waals surface area (Å²) in [4.78, 5) is 31.6. The molecule has 1 rings (SSSR count). The van der Waals surface area contributed by atoms with Crippen LogP contribution in [0.2, 0.25) is 0 Å². The van der Waals surface area contributed by atoms with Crippen LogP contribution in [0.1, 0.15) is 54.9 Å². The molecule has 0 unspecified atom stereocenters. The number of carbonyl (C=O) groups is 3. The lowest BCUT2D eigenvalue weighted by Gasteiger charge is -2.21. The smallest absolute Gasteiger partial charge is 0.308 e. The number of nitrogens with one attached hydrogen (secondary N) is 2. The summed E-state index contributed by atoms with van der Waals surface area (Å²) in [6, 6.07) is 0. The largest absolute Gasteiger partial charge is 0.469 e. The van der Waals surface area contributed by atoms with Crippen molar-refractivity contribution in [2.75, 3.05) is 33.4 Å². The Hall–Kier alpha value is -1.67. The van der Waals surface area contributed by atoms with E-state index in [2.05, 4.69) is 15.4 Å². The summed E-state index contributed by atoms with van der Waals surface area (Å²) >= 11 is 0. The molecule has 160 valence electrons. The van der Waals surface area contributed by atoms with Crippen molar-refractivity contribution in [2.24, 2.45) is 11.3 Å². The van der Waals surface area contributed by atoms with Gasteiger partial charge in [0, 0.05) is 18.5 Å². The van der Waals surface area contributed by atoms with E-state index in [9.17, 15) is 14.4 Å². The van der Waals surface area contributed by atoms with Crippen LogP contribution in [-0.4, -0.2) is 57.5 Å². The van der Waals surface area contributed by atoms with Gasteiger partial charge < -0.3 is 24.8 Å². The average molecular weight is 391 g/mol. The fourth-order valence-electron chi connectivity index (χ4n) is 1.56. The van der Waals surface area contributed by atoms with Gasteiger partial charge >= 0.3 is 5.97 Å². The number of amides is 2. The van der Waals surface area contributed by atoms with Gasteiger partial charge in [0.15, 0.2) is 5.79 Å². The van der Waals surface area contributed by atoms with Gasteiger partial charge in [-0.25, -0.2) is 0 Å². The van der Waals surface area contributed by atoms with Gasteiger partial charge in [-0.1, -0.05) is 34.6 Å². The Morgan fingerprint density at radius 3 is 1.96 bits per heavy atom. The summed E-state index contributed by atoms with van der Waals surface area (Å²) in [6.07, 6.45) is 1.43. The maximum atomic E-state index is 11.4. The molecule has 0 aromatic heterocycles. The second kappa shape index (κ2) is 14.4. The first-order valence-electron chi connectivity index (χ1n) is 9.24. The van der Waals surface area contributed by atoms with Gasteiger partial charge in [0.05, 0.1) is 26.2 Å². The molecule has 0 aliphatic carbocycles. The number of rotatable bonds is 7. The van der Waals surface area contributed by atoms with E-state index in [1.807, 2.05) is 34.6 Å². The van der Waals surface area contributed by atoms with E-state index in [4.69, 9.17) is 9.47 Å². The van der Waals surface area contributed by atoms with Crippen LogP contribution in [0, 0.1) is 11.3 Å². The molecule has 0 bridgehead atoms. The second-order valence-corrected chi connectivity index (χ2v) is 7.34. The minimum atomic E-state index is -0.318. The van der Waals surface area contributed by atoms with E-state index >= 15 is 0 Å². The van der Waals surface area contributed by atoms with Crippen molar-refractivity contribution in [3.63, 3.8) is 0 Å². The van der Waals surface area contributed by atoms with Crippen LogP contribution in [-0.2, 0) is 28.6 Å². The summed E-state index contributed by atoms with van der Waals surface area (Å²) in [7, 11) is 1.39. The highest BCUT2D eigenvalue weighted by Gasteiger charge is 2.24. The zero-order valence-electron chi connectivity index (χ0n) is 18.1. The van der Waals surface area contributed by atoms with Crippen molar-refractivity contribution in [1.29, 1.82) is 0 Å². The summed E-state index contributed by atoms with van der Waals surface area (Å²) in [5.74, 6) is -0.423. The first kappa shape index (κ1) is 27.5. The average Bonchev–Trinajstić information content (AvgIpc) is 3.02. The number of methoxy groups -OCH3 is 1. The molecule has 1 aliphatic rings. The SMILES string of the molecule is CC1(C)OCCO1.CCC(C)(C)C(=O)NCCNC=O.COC(=O)C(C)C. The van der Waals surface area contributed by atoms with Crippen LogP contribution in [0.5, 0.6) is 0 Å². The highest BCUT2D eigenvalue weighted by molar-refractivity contribution is 5.81. The van der Waals surface area contributed by atoms with Gasteiger partial charge in [-0.3, -0.25) is 14.4 Å². The Balaban J connectivity index is 0. The topological polar surface area (TPSA) is 103 Å². The van der Waals surface area contributed by atoms with Crippen LogP contribution < -0.4 is 10.6 Å². The molecule has 0 saturated carbocycles. The zero-order chi connectivity index (χ0) is 21.5. The van der Waals surface area contributed by atoms with Crippen LogP contribution >= 0.6 is 0 Å². The van der Waals surface area contributed by atoms with E-state index in [0.717, 1.165) is 19.6 Å². The Kier molecular flexibility index (Phi) is 14.7. The maximum absolute atomic E-state index is 11.4. The molecule has 1 aliphatic heterocycles. The highest BCUT2D eigenvalue weighted by Crippen LogP contribution is 2.19. The number of hydrogen-bond donors (Lipinski definition) is 2. The normalized spacial score (nSPS) is 14.9. The summed E-state index contributed by atoms with van der Waals surface area (Å²) in [6.45, 7) is 15.7. The summed E-state index contributed by atoms with van der Waals surface area (Å²) in [5.41, 5.74) is -0.318. The first-order valence-corrected chi connectivity index (χ1v) is 9.24. The third-order valence-electron chi connectivity index (χ3n) is 3.79. The molecule has 8 nitrogen and oxygen atoms in total. The van der Waals surface area contributed by atoms with E-state index in [1.54, 1.807) is 13.8 Å². The van der Waals surface area contributed by atoms with Gasteiger partial charge in [-0.15, -0.1) is 0 Å². The predicted octanol–water partition coefficient (Wildman–Crippen LogP) is 1.87. The Bertz CT molecular complexity index is 428. The molecule has 0 aromatic carbocycles. The Morgan fingerprint density at radius 2 is 1.70 bits per heavy atom.